The molecule has 182 valence electrons. The number of hydrogen-bond acceptors (Lipinski definition) is 4. The summed E-state index contributed by atoms with van der Waals surface area (Å²) in [5.74, 6) is -4.98. The molecule has 2 fully saturated rings. The van der Waals surface area contributed by atoms with Gasteiger partial charge in [0, 0.05) is 49.0 Å². The Morgan fingerprint density at radius 2 is 1.71 bits per heavy atom. The molecule has 1 atom stereocenters. The fourth-order valence-electron chi connectivity index (χ4n) is 4.78. The molecule has 2 aliphatic heterocycles. The predicted octanol–water partition coefficient (Wildman–Crippen LogP) is 3.12. The highest BCUT2D eigenvalue weighted by Gasteiger charge is 2.33. The zero-order chi connectivity index (χ0) is 24.4. The van der Waals surface area contributed by atoms with Crippen molar-refractivity contribution in [2.45, 2.75) is 38.3 Å². The number of carbonyl (C=O) groups excluding carboxylic acids is 2. The molecule has 2 saturated heterocycles. The number of nitrogens with zero attached hydrogens (tertiary/aromatic N) is 3. The molecule has 0 aromatic heterocycles. The van der Waals surface area contributed by atoms with Gasteiger partial charge in [0.25, 0.3) is 5.91 Å². The van der Waals surface area contributed by atoms with Crippen molar-refractivity contribution >= 4 is 17.5 Å². The van der Waals surface area contributed by atoms with Crippen LogP contribution in [-0.2, 0) is 4.79 Å². The maximum Gasteiger partial charge on any atom is 0.254 e. The molecular formula is C25H28F3N3O3. The van der Waals surface area contributed by atoms with E-state index in [1.54, 1.807) is 4.90 Å². The molecule has 0 radical (unpaired) electrons. The zero-order valence-electron chi connectivity index (χ0n) is 19.0. The zero-order valence-corrected chi connectivity index (χ0v) is 19.0. The number of halogens is 3. The molecule has 2 amide bonds. The van der Waals surface area contributed by atoms with E-state index in [0.717, 1.165) is 11.8 Å². The summed E-state index contributed by atoms with van der Waals surface area (Å²) >= 11 is 0. The molecule has 0 bridgehead atoms. The number of anilines is 1. The van der Waals surface area contributed by atoms with E-state index >= 15 is 0 Å². The first-order valence-electron chi connectivity index (χ1n) is 11.5. The Balaban J connectivity index is 1.48. The molecule has 2 heterocycles. The number of carbonyl (C=O) groups is 2. The van der Waals surface area contributed by atoms with Gasteiger partial charge in [-0.05, 0) is 44.4 Å². The van der Waals surface area contributed by atoms with Crippen LogP contribution in [0, 0.1) is 24.4 Å². The van der Waals surface area contributed by atoms with Crippen LogP contribution in [0.5, 0.6) is 0 Å². The fourth-order valence-corrected chi connectivity index (χ4v) is 4.78. The van der Waals surface area contributed by atoms with E-state index in [1.807, 2.05) is 35.2 Å². The minimum Gasteiger partial charge on any atom is -0.392 e. The molecule has 0 spiro atoms. The number of benzene rings is 2. The van der Waals surface area contributed by atoms with Crippen LogP contribution in [-0.4, -0.2) is 71.6 Å². The normalized spacial score (nSPS) is 19.4. The Hall–Kier alpha value is -2.91. The summed E-state index contributed by atoms with van der Waals surface area (Å²) in [5.41, 5.74) is 0.342. The average molecular weight is 476 g/mol. The lowest BCUT2D eigenvalue weighted by molar-refractivity contribution is -0.120. The number of rotatable bonds is 5. The molecule has 1 N–H and O–H groups in total. The van der Waals surface area contributed by atoms with Crippen LogP contribution in [0.15, 0.2) is 36.4 Å². The standard InChI is InChI=1S/C25H28F3N3O3/c1-16-20(13-21(26)24(28)23(16)27)25(34)30-11-7-18(8-12-30)31(17-5-3-2-4-6-17)22(33)15-29-10-9-19(32)14-29/h2-6,13,18-19,32H,7-12,14-15H2,1H3. The van der Waals surface area contributed by atoms with Gasteiger partial charge in [-0.1, -0.05) is 18.2 Å². The molecule has 0 aliphatic carbocycles. The van der Waals surface area contributed by atoms with Crippen molar-refractivity contribution in [1.29, 1.82) is 0 Å². The SMILES string of the molecule is Cc1c(C(=O)N2CCC(N(C(=O)CN3CCC(O)C3)c3ccccc3)CC2)cc(F)c(F)c1F. The number of hydrogen-bond donors (Lipinski definition) is 1. The molecule has 9 heteroatoms. The molecule has 2 aromatic carbocycles. The Bertz CT molecular complexity index is 1060. The van der Waals surface area contributed by atoms with Crippen molar-refractivity contribution in [2.75, 3.05) is 37.6 Å². The lowest BCUT2D eigenvalue weighted by Crippen LogP contribution is -2.51. The highest BCUT2D eigenvalue weighted by molar-refractivity contribution is 5.97. The molecule has 6 nitrogen and oxygen atoms in total. The van der Waals surface area contributed by atoms with Crippen LogP contribution in [0.25, 0.3) is 0 Å². The number of likely N-dealkylation sites (tertiary alicyclic amines) is 2. The van der Waals surface area contributed by atoms with Gasteiger partial charge >= 0.3 is 0 Å². The summed E-state index contributed by atoms with van der Waals surface area (Å²) in [6.07, 6.45) is 1.19. The van der Waals surface area contributed by atoms with Gasteiger partial charge in [-0.25, -0.2) is 13.2 Å². The number of amides is 2. The Kier molecular flexibility index (Phi) is 7.23. The van der Waals surface area contributed by atoms with Crippen molar-refractivity contribution < 1.29 is 27.9 Å². The number of aliphatic hydroxyl groups excluding tert-OH is 1. The number of aliphatic hydroxyl groups is 1. The highest BCUT2D eigenvalue weighted by atomic mass is 19.2. The van der Waals surface area contributed by atoms with Crippen molar-refractivity contribution in [3.8, 4) is 0 Å². The molecule has 34 heavy (non-hydrogen) atoms. The second kappa shape index (κ2) is 10.1. The van der Waals surface area contributed by atoms with Crippen LogP contribution in [0.1, 0.15) is 35.2 Å². The van der Waals surface area contributed by atoms with Crippen LogP contribution in [0.2, 0.25) is 0 Å². The summed E-state index contributed by atoms with van der Waals surface area (Å²) in [4.78, 5) is 31.4. The largest absolute Gasteiger partial charge is 0.392 e. The van der Waals surface area contributed by atoms with Gasteiger partial charge in [0.1, 0.15) is 0 Å². The molecule has 2 aromatic rings. The van der Waals surface area contributed by atoms with Crippen molar-refractivity contribution in [2.24, 2.45) is 0 Å². The number of β-amino-alcohol motifs (C(OH)–C–C–N with tert-alkyl or cyclic N) is 1. The van der Waals surface area contributed by atoms with Crippen molar-refractivity contribution in [3.63, 3.8) is 0 Å². The third-order valence-electron chi connectivity index (χ3n) is 6.66. The Morgan fingerprint density at radius 3 is 2.32 bits per heavy atom. The average Bonchev–Trinajstić information content (AvgIpc) is 3.25. The first kappa shape index (κ1) is 24.2. The molecule has 1 unspecified atom stereocenters. The van der Waals surface area contributed by atoms with Crippen LogP contribution in [0.4, 0.5) is 18.9 Å². The maximum absolute atomic E-state index is 14.0. The molecular weight excluding hydrogens is 447 g/mol. The summed E-state index contributed by atoms with van der Waals surface area (Å²) in [7, 11) is 0. The van der Waals surface area contributed by atoms with E-state index in [4.69, 9.17) is 0 Å². The fraction of sp³-hybridized carbons (Fsp3) is 0.440. The third kappa shape index (κ3) is 4.95. The van der Waals surface area contributed by atoms with E-state index in [0.29, 0.717) is 45.4 Å². The van der Waals surface area contributed by atoms with E-state index in [2.05, 4.69) is 0 Å². The summed E-state index contributed by atoms with van der Waals surface area (Å²) in [6, 6.07) is 9.89. The van der Waals surface area contributed by atoms with Gasteiger partial charge in [0.2, 0.25) is 5.91 Å². The van der Waals surface area contributed by atoms with E-state index in [9.17, 15) is 27.9 Å². The van der Waals surface area contributed by atoms with Gasteiger partial charge in [-0.15, -0.1) is 0 Å². The molecule has 4 rings (SSSR count). The Labute approximate surface area is 196 Å². The van der Waals surface area contributed by atoms with Crippen LogP contribution < -0.4 is 4.90 Å². The minimum absolute atomic E-state index is 0.0800. The molecule has 2 aliphatic rings. The first-order valence-corrected chi connectivity index (χ1v) is 11.5. The Morgan fingerprint density at radius 1 is 1.03 bits per heavy atom. The maximum atomic E-state index is 14.0. The van der Waals surface area contributed by atoms with Gasteiger partial charge in [0.05, 0.1) is 12.6 Å². The number of piperidine rings is 1. The van der Waals surface area contributed by atoms with Crippen molar-refractivity contribution in [1.82, 2.24) is 9.80 Å². The summed E-state index contributed by atoms with van der Waals surface area (Å²) in [6.45, 7) is 3.16. The van der Waals surface area contributed by atoms with Gasteiger partial charge in [0.15, 0.2) is 17.5 Å². The lowest BCUT2D eigenvalue weighted by Gasteiger charge is -2.39. The summed E-state index contributed by atoms with van der Waals surface area (Å²) < 4.78 is 41.2. The van der Waals surface area contributed by atoms with E-state index in [-0.39, 0.29) is 29.6 Å². The second-order valence-electron chi connectivity index (χ2n) is 8.96. The smallest absolute Gasteiger partial charge is 0.254 e. The highest BCUT2D eigenvalue weighted by Crippen LogP contribution is 2.27. The minimum atomic E-state index is -1.59. The van der Waals surface area contributed by atoms with Gasteiger partial charge in [-0.3, -0.25) is 14.5 Å². The lowest BCUT2D eigenvalue weighted by atomic mass is 9.99. The van der Waals surface area contributed by atoms with Crippen molar-refractivity contribution in [3.05, 3.63) is 65.0 Å². The third-order valence-corrected chi connectivity index (χ3v) is 6.66. The quantitative estimate of drug-likeness (QED) is 0.675. The van der Waals surface area contributed by atoms with E-state index < -0.39 is 29.5 Å². The topological polar surface area (TPSA) is 64.1 Å². The van der Waals surface area contributed by atoms with Gasteiger partial charge in [-0.2, -0.15) is 0 Å². The first-order chi connectivity index (χ1) is 16.3. The molecule has 0 saturated carbocycles. The van der Waals surface area contributed by atoms with Gasteiger partial charge < -0.3 is 14.9 Å². The van der Waals surface area contributed by atoms with E-state index in [1.165, 1.54) is 11.8 Å². The monoisotopic (exact) mass is 475 g/mol. The second-order valence-corrected chi connectivity index (χ2v) is 8.96. The summed E-state index contributed by atoms with van der Waals surface area (Å²) in [5, 5.41) is 9.79. The van der Waals surface area contributed by atoms with Crippen LogP contribution in [0.3, 0.4) is 0 Å². The predicted molar refractivity (Wildman–Crippen MR) is 121 cm³/mol. The van der Waals surface area contributed by atoms with Crippen LogP contribution >= 0.6 is 0 Å². The number of para-hydroxylation sites is 1.